The third kappa shape index (κ3) is 3.13. The highest BCUT2D eigenvalue weighted by Gasteiger charge is 2.25. The summed E-state index contributed by atoms with van der Waals surface area (Å²) < 4.78 is 5.50. The summed E-state index contributed by atoms with van der Waals surface area (Å²) >= 11 is 0. The molecule has 2 unspecified atom stereocenters. The molecule has 2 atom stereocenters. The molecule has 0 heterocycles. The molecule has 0 spiro atoms. The van der Waals surface area contributed by atoms with E-state index >= 15 is 0 Å². The lowest BCUT2D eigenvalue weighted by atomic mass is 10.0. The Hall–Kier alpha value is -1.22. The molecular weight excluding hydrogens is 212 g/mol. The van der Waals surface area contributed by atoms with Gasteiger partial charge in [0.15, 0.2) is 0 Å². The van der Waals surface area contributed by atoms with Gasteiger partial charge in [0.1, 0.15) is 5.75 Å². The predicted molar refractivity (Wildman–Crippen MR) is 71.4 cm³/mol. The minimum Gasteiger partial charge on any atom is -0.494 e. The average molecular weight is 234 g/mol. The number of nitrogens with one attached hydrogen (secondary N) is 1. The molecule has 94 valence electrons. The van der Waals surface area contributed by atoms with Crippen LogP contribution < -0.4 is 15.8 Å². The molecule has 0 aromatic heterocycles. The summed E-state index contributed by atoms with van der Waals surface area (Å²) in [7, 11) is 0. The van der Waals surface area contributed by atoms with Gasteiger partial charge in [-0.2, -0.15) is 0 Å². The van der Waals surface area contributed by atoms with Crippen LogP contribution in [0.3, 0.4) is 0 Å². The Morgan fingerprint density at radius 1 is 1.41 bits per heavy atom. The molecule has 3 nitrogen and oxygen atoms in total. The maximum atomic E-state index is 5.79. The van der Waals surface area contributed by atoms with E-state index in [4.69, 9.17) is 10.5 Å². The number of ether oxygens (including phenoxy) is 1. The minimum atomic E-state index is 0.525. The van der Waals surface area contributed by atoms with Crippen LogP contribution >= 0.6 is 0 Å². The van der Waals surface area contributed by atoms with Crippen molar-refractivity contribution in [3.05, 3.63) is 24.3 Å². The fraction of sp³-hybridized carbons (Fsp3) is 0.571. The Balaban J connectivity index is 2.00. The Morgan fingerprint density at radius 3 is 3.06 bits per heavy atom. The van der Waals surface area contributed by atoms with Crippen molar-refractivity contribution in [3.8, 4) is 5.75 Å². The van der Waals surface area contributed by atoms with Gasteiger partial charge >= 0.3 is 0 Å². The molecule has 1 fully saturated rings. The number of hydrogen-bond acceptors (Lipinski definition) is 3. The first-order chi connectivity index (χ1) is 8.33. The Labute approximate surface area is 103 Å². The van der Waals surface area contributed by atoms with Gasteiger partial charge in [-0.15, -0.1) is 0 Å². The van der Waals surface area contributed by atoms with E-state index in [2.05, 4.69) is 17.4 Å². The zero-order chi connectivity index (χ0) is 12.1. The van der Waals surface area contributed by atoms with Crippen LogP contribution in [0.15, 0.2) is 24.3 Å². The zero-order valence-corrected chi connectivity index (χ0v) is 10.5. The third-order valence-corrected chi connectivity index (χ3v) is 3.46. The fourth-order valence-electron chi connectivity index (χ4n) is 2.57. The maximum absolute atomic E-state index is 5.79. The summed E-state index contributed by atoms with van der Waals surface area (Å²) in [6.07, 6.45) is 3.75. The van der Waals surface area contributed by atoms with Crippen molar-refractivity contribution >= 4 is 5.69 Å². The Bertz CT molecular complexity index is 354. The highest BCUT2D eigenvalue weighted by Crippen LogP contribution is 2.28. The van der Waals surface area contributed by atoms with Crippen molar-refractivity contribution in [1.82, 2.24) is 0 Å². The van der Waals surface area contributed by atoms with Gasteiger partial charge in [0.2, 0.25) is 0 Å². The van der Waals surface area contributed by atoms with Crippen molar-refractivity contribution in [3.63, 3.8) is 0 Å². The zero-order valence-electron chi connectivity index (χ0n) is 10.5. The summed E-state index contributed by atoms with van der Waals surface area (Å²) in [5.41, 5.74) is 6.93. The van der Waals surface area contributed by atoms with Gasteiger partial charge in [-0.05, 0) is 44.4 Å². The second-order valence-electron chi connectivity index (χ2n) is 4.64. The van der Waals surface area contributed by atoms with Crippen molar-refractivity contribution in [2.45, 2.75) is 32.2 Å². The van der Waals surface area contributed by atoms with Gasteiger partial charge in [0.25, 0.3) is 0 Å². The van der Waals surface area contributed by atoms with Crippen molar-refractivity contribution in [1.29, 1.82) is 0 Å². The van der Waals surface area contributed by atoms with Gasteiger partial charge in [-0.1, -0.05) is 12.5 Å². The maximum Gasteiger partial charge on any atom is 0.121 e. The smallest absolute Gasteiger partial charge is 0.121 e. The van der Waals surface area contributed by atoms with Crippen LogP contribution in [0, 0.1) is 5.92 Å². The molecule has 0 saturated heterocycles. The quantitative estimate of drug-likeness (QED) is 0.823. The van der Waals surface area contributed by atoms with Gasteiger partial charge in [0.05, 0.1) is 6.61 Å². The SMILES string of the molecule is CCOc1cccc(NC2CCCC2CN)c1. The van der Waals surface area contributed by atoms with Crippen molar-refractivity contribution in [2.75, 3.05) is 18.5 Å². The van der Waals surface area contributed by atoms with Crippen LogP contribution in [0.1, 0.15) is 26.2 Å². The van der Waals surface area contributed by atoms with E-state index in [9.17, 15) is 0 Å². The molecule has 17 heavy (non-hydrogen) atoms. The number of nitrogens with two attached hydrogens (primary N) is 1. The first-order valence-electron chi connectivity index (χ1n) is 6.53. The van der Waals surface area contributed by atoms with E-state index in [0.29, 0.717) is 18.6 Å². The number of anilines is 1. The second kappa shape index (κ2) is 5.92. The molecule has 0 aliphatic heterocycles. The largest absolute Gasteiger partial charge is 0.494 e. The van der Waals surface area contributed by atoms with Crippen LogP contribution in [0.25, 0.3) is 0 Å². The van der Waals surface area contributed by atoms with Gasteiger partial charge in [0, 0.05) is 17.8 Å². The van der Waals surface area contributed by atoms with E-state index in [1.54, 1.807) is 0 Å². The summed E-state index contributed by atoms with van der Waals surface area (Å²) in [5.74, 6) is 1.55. The van der Waals surface area contributed by atoms with E-state index in [1.165, 1.54) is 19.3 Å². The van der Waals surface area contributed by atoms with Gasteiger partial charge in [-0.3, -0.25) is 0 Å². The molecule has 1 aromatic rings. The molecule has 0 radical (unpaired) electrons. The third-order valence-electron chi connectivity index (χ3n) is 3.46. The molecule has 1 aromatic carbocycles. The standard InChI is InChI=1S/C14H22N2O/c1-2-17-13-7-4-6-12(9-13)16-14-8-3-5-11(14)10-15/h4,6-7,9,11,14,16H,2-3,5,8,10,15H2,1H3. The van der Waals surface area contributed by atoms with E-state index in [1.807, 2.05) is 19.1 Å². The van der Waals surface area contributed by atoms with Crippen LogP contribution in [0.5, 0.6) is 5.75 Å². The van der Waals surface area contributed by atoms with Crippen LogP contribution in [0.2, 0.25) is 0 Å². The second-order valence-corrected chi connectivity index (χ2v) is 4.64. The monoisotopic (exact) mass is 234 g/mol. The first-order valence-corrected chi connectivity index (χ1v) is 6.53. The molecule has 1 saturated carbocycles. The fourth-order valence-corrected chi connectivity index (χ4v) is 2.57. The van der Waals surface area contributed by atoms with E-state index in [-0.39, 0.29) is 0 Å². The Morgan fingerprint density at radius 2 is 2.29 bits per heavy atom. The molecule has 3 heteroatoms. The van der Waals surface area contributed by atoms with Gasteiger partial charge in [-0.25, -0.2) is 0 Å². The van der Waals surface area contributed by atoms with Crippen LogP contribution in [-0.2, 0) is 0 Å². The molecule has 1 aliphatic rings. The van der Waals surface area contributed by atoms with Crippen molar-refractivity contribution < 1.29 is 4.74 Å². The first kappa shape index (κ1) is 12.2. The van der Waals surface area contributed by atoms with E-state index in [0.717, 1.165) is 18.0 Å². The van der Waals surface area contributed by atoms with Gasteiger partial charge < -0.3 is 15.8 Å². The lowest BCUT2D eigenvalue weighted by Gasteiger charge is -2.21. The molecule has 2 rings (SSSR count). The van der Waals surface area contributed by atoms with Crippen LogP contribution in [-0.4, -0.2) is 19.2 Å². The summed E-state index contributed by atoms with van der Waals surface area (Å²) in [4.78, 5) is 0. The lowest BCUT2D eigenvalue weighted by molar-refractivity contribution is 0.340. The van der Waals surface area contributed by atoms with Crippen molar-refractivity contribution in [2.24, 2.45) is 11.7 Å². The highest BCUT2D eigenvalue weighted by molar-refractivity contribution is 5.49. The Kier molecular flexibility index (Phi) is 4.26. The summed E-state index contributed by atoms with van der Waals surface area (Å²) in [5, 5.41) is 3.58. The molecule has 0 bridgehead atoms. The highest BCUT2D eigenvalue weighted by atomic mass is 16.5. The normalized spacial score (nSPS) is 23.6. The minimum absolute atomic E-state index is 0.525. The summed E-state index contributed by atoms with van der Waals surface area (Å²) in [6.45, 7) is 3.49. The number of hydrogen-bond donors (Lipinski definition) is 2. The number of rotatable bonds is 5. The van der Waals surface area contributed by atoms with Crippen LogP contribution in [0.4, 0.5) is 5.69 Å². The molecular formula is C14H22N2O. The lowest BCUT2D eigenvalue weighted by Crippen LogP contribution is -2.29. The molecule has 0 amide bonds. The topological polar surface area (TPSA) is 47.3 Å². The number of benzene rings is 1. The summed E-state index contributed by atoms with van der Waals surface area (Å²) in [6, 6.07) is 8.70. The molecule has 1 aliphatic carbocycles. The predicted octanol–water partition coefficient (Wildman–Crippen LogP) is 2.62. The molecule has 3 N–H and O–H groups in total. The average Bonchev–Trinajstić information content (AvgIpc) is 2.77. The van der Waals surface area contributed by atoms with E-state index < -0.39 is 0 Å².